The smallest absolute Gasteiger partial charge is 0.337 e. The Balaban J connectivity index is 1.78. The third kappa shape index (κ3) is 3.61. The summed E-state index contributed by atoms with van der Waals surface area (Å²) < 4.78 is 26.5. The average molecular weight is 360 g/mol. The number of nitrogens with zero attached hydrogens (tertiary/aromatic N) is 3. The molecular weight excluding hydrogens is 350 g/mol. The quantitative estimate of drug-likeness (QED) is 0.548. The molecule has 1 aromatic carbocycles. The average Bonchev–Trinajstić information content (AvgIpc) is 3.11. The first-order chi connectivity index (χ1) is 12.4. The molecule has 2 aromatic heterocycles. The standard InChI is InChI=1S/C15H10F2N6O3/c16-9-3-8(15(25)26)12(4-10(9)17)21-14(24)11-1-2-13(23-22-11)20-7-5-18-19-6-7/h1-6H,(H,18,19)(H,20,23)(H,21,24)(H,25,26). The van der Waals surface area contributed by atoms with Crippen molar-refractivity contribution in [1.29, 1.82) is 0 Å². The fourth-order valence-corrected chi connectivity index (χ4v) is 2.00. The van der Waals surface area contributed by atoms with Gasteiger partial charge >= 0.3 is 5.97 Å². The minimum absolute atomic E-state index is 0.149. The van der Waals surface area contributed by atoms with Crippen LogP contribution >= 0.6 is 0 Å². The Labute approximate surface area is 144 Å². The van der Waals surface area contributed by atoms with Gasteiger partial charge in [-0.2, -0.15) is 5.10 Å². The van der Waals surface area contributed by atoms with Crippen molar-refractivity contribution >= 4 is 29.1 Å². The number of nitrogens with one attached hydrogen (secondary N) is 3. The Morgan fingerprint density at radius 2 is 1.88 bits per heavy atom. The summed E-state index contributed by atoms with van der Waals surface area (Å²) in [6, 6.07) is 3.85. The van der Waals surface area contributed by atoms with Crippen LogP contribution in [0.15, 0.2) is 36.7 Å². The zero-order valence-corrected chi connectivity index (χ0v) is 12.8. The summed E-state index contributed by atoms with van der Waals surface area (Å²) in [5.74, 6) is -4.65. The molecule has 0 saturated carbocycles. The summed E-state index contributed by atoms with van der Waals surface area (Å²) in [5.41, 5.74) is -0.513. The van der Waals surface area contributed by atoms with Crippen molar-refractivity contribution < 1.29 is 23.5 Å². The first-order valence-electron chi connectivity index (χ1n) is 7.07. The number of benzene rings is 1. The van der Waals surface area contributed by atoms with Crippen molar-refractivity contribution in [3.8, 4) is 0 Å². The fraction of sp³-hybridized carbons (Fsp3) is 0. The van der Waals surface area contributed by atoms with E-state index in [0.717, 1.165) is 0 Å². The van der Waals surface area contributed by atoms with E-state index in [1.54, 1.807) is 6.20 Å². The third-order valence-electron chi connectivity index (χ3n) is 3.21. The molecule has 4 N–H and O–H groups in total. The summed E-state index contributed by atoms with van der Waals surface area (Å²) in [4.78, 5) is 23.3. The van der Waals surface area contributed by atoms with Gasteiger partial charge in [0.05, 0.1) is 23.1 Å². The molecule has 3 aromatic rings. The normalized spacial score (nSPS) is 10.4. The molecule has 0 aliphatic carbocycles. The van der Waals surface area contributed by atoms with Crippen LogP contribution in [0.4, 0.5) is 26.0 Å². The van der Waals surface area contributed by atoms with Crippen molar-refractivity contribution in [3.63, 3.8) is 0 Å². The van der Waals surface area contributed by atoms with Crippen molar-refractivity contribution in [3.05, 3.63) is 59.6 Å². The lowest BCUT2D eigenvalue weighted by molar-refractivity contribution is 0.0697. The van der Waals surface area contributed by atoms with Gasteiger partial charge in [0.1, 0.15) is 0 Å². The van der Waals surface area contributed by atoms with Crippen LogP contribution in [0.5, 0.6) is 0 Å². The van der Waals surface area contributed by atoms with E-state index in [0.29, 0.717) is 23.6 Å². The number of carbonyl (C=O) groups is 2. The maximum atomic E-state index is 13.3. The Kier molecular flexibility index (Phi) is 4.51. The van der Waals surface area contributed by atoms with Gasteiger partial charge in [-0.05, 0) is 18.2 Å². The summed E-state index contributed by atoms with van der Waals surface area (Å²) in [6.45, 7) is 0. The van der Waals surface area contributed by atoms with Crippen LogP contribution in [0.1, 0.15) is 20.8 Å². The highest BCUT2D eigenvalue weighted by Crippen LogP contribution is 2.21. The molecule has 0 unspecified atom stereocenters. The summed E-state index contributed by atoms with van der Waals surface area (Å²) in [7, 11) is 0. The number of aromatic nitrogens is 4. The number of carboxylic acids is 1. The van der Waals surface area contributed by atoms with E-state index in [4.69, 9.17) is 5.11 Å². The summed E-state index contributed by atoms with van der Waals surface area (Å²) >= 11 is 0. The molecular formula is C15H10F2N6O3. The first-order valence-corrected chi connectivity index (χ1v) is 7.07. The Bertz CT molecular complexity index is 960. The molecule has 0 radical (unpaired) electrons. The van der Waals surface area contributed by atoms with Crippen molar-refractivity contribution in [2.75, 3.05) is 10.6 Å². The summed E-state index contributed by atoms with van der Waals surface area (Å²) in [5, 5.41) is 27.9. The monoisotopic (exact) mass is 360 g/mol. The van der Waals surface area contributed by atoms with Crippen molar-refractivity contribution in [1.82, 2.24) is 20.4 Å². The van der Waals surface area contributed by atoms with Crippen LogP contribution in [0.2, 0.25) is 0 Å². The first kappa shape index (κ1) is 17.0. The van der Waals surface area contributed by atoms with Crippen molar-refractivity contribution in [2.45, 2.75) is 0 Å². The number of anilines is 3. The number of hydrogen-bond acceptors (Lipinski definition) is 6. The summed E-state index contributed by atoms with van der Waals surface area (Å²) in [6.07, 6.45) is 3.09. The van der Waals surface area contributed by atoms with E-state index >= 15 is 0 Å². The number of carboxylic acid groups (broad SMARTS) is 1. The van der Waals surface area contributed by atoms with Gasteiger partial charge in [0.15, 0.2) is 23.1 Å². The largest absolute Gasteiger partial charge is 0.478 e. The highest BCUT2D eigenvalue weighted by Gasteiger charge is 2.18. The molecule has 0 bridgehead atoms. The number of aromatic carboxylic acids is 1. The number of halogens is 2. The van der Waals surface area contributed by atoms with Crippen LogP contribution in [-0.4, -0.2) is 37.4 Å². The van der Waals surface area contributed by atoms with Gasteiger partial charge in [-0.25, -0.2) is 13.6 Å². The Morgan fingerprint density at radius 1 is 1.12 bits per heavy atom. The molecule has 132 valence electrons. The van der Waals surface area contributed by atoms with Crippen LogP contribution in [0.25, 0.3) is 0 Å². The van der Waals surface area contributed by atoms with Gasteiger partial charge in [-0.1, -0.05) is 0 Å². The molecule has 3 rings (SSSR count). The van der Waals surface area contributed by atoms with Gasteiger partial charge in [0.2, 0.25) is 0 Å². The SMILES string of the molecule is O=C(Nc1cc(F)c(F)cc1C(=O)O)c1ccc(Nc2cn[nH]c2)nn1. The van der Waals surface area contributed by atoms with E-state index in [-0.39, 0.29) is 5.69 Å². The molecule has 0 aliphatic rings. The number of H-pyrrole nitrogens is 1. The zero-order chi connectivity index (χ0) is 18.7. The predicted molar refractivity (Wildman–Crippen MR) is 85.2 cm³/mol. The van der Waals surface area contributed by atoms with E-state index < -0.39 is 34.8 Å². The van der Waals surface area contributed by atoms with Gasteiger partial charge in [-0.15, -0.1) is 10.2 Å². The fourth-order valence-electron chi connectivity index (χ4n) is 2.00. The second-order valence-corrected chi connectivity index (χ2v) is 4.99. The minimum atomic E-state index is -1.52. The predicted octanol–water partition coefficient (Wildman–Crippen LogP) is 2.17. The third-order valence-corrected chi connectivity index (χ3v) is 3.21. The van der Waals surface area contributed by atoms with E-state index in [1.807, 2.05) is 0 Å². The van der Waals surface area contributed by atoms with E-state index in [9.17, 15) is 18.4 Å². The van der Waals surface area contributed by atoms with Crippen LogP contribution < -0.4 is 10.6 Å². The second kappa shape index (κ2) is 6.93. The molecule has 0 aliphatic heterocycles. The minimum Gasteiger partial charge on any atom is -0.478 e. The number of hydrogen-bond donors (Lipinski definition) is 4. The molecule has 0 saturated heterocycles. The van der Waals surface area contributed by atoms with Gasteiger partial charge < -0.3 is 15.7 Å². The van der Waals surface area contributed by atoms with Crippen LogP contribution in [0, 0.1) is 11.6 Å². The van der Waals surface area contributed by atoms with Gasteiger partial charge in [0, 0.05) is 12.3 Å². The van der Waals surface area contributed by atoms with E-state index in [2.05, 4.69) is 31.0 Å². The molecule has 0 fully saturated rings. The van der Waals surface area contributed by atoms with Crippen molar-refractivity contribution in [2.24, 2.45) is 0 Å². The number of rotatable bonds is 5. The zero-order valence-electron chi connectivity index (χ0n) is 12.8. The topological polar surface area (TPSA) is 133 Å². The number of aromatic amines is 1. The van der Waals surface area contributed by atoms with Gasteiger partial charge in [-0.3, -0.25) is 9.89 Å². The Morgan fingerprint density at radius 3 is 2.50 bits per heavy atom. The lowest BCUT2D eigenvalue weighted by atomic mass is 10.1. The lowest BCUT2D eigenvalue weighted by Gasteiger charge is -2.09. The van der Waals surface area contributed by atoms with E-state index in [1.165, 1.54) is 18.3 Å². The lowest BCUT2D eigenvalue weighted by Crippen LogP contribution is -2.17. The molecule has 1 amide bonds. The maximum absolute atomic E-state index is 13.3. The molecule has 11 heteroatoms. The molecule has 0 spiro atoms. The Hall–Kier alpha value is -3.89. The molecule has 2 heterocycles. The van der Waals surface area contributed by atoms with Crippen LogP contribution in [0.3, 0.4) is 0 Å². The number of carbonyl (C=O) groups excluding carboxylic acids is 1. The maximum Gasteiger partial charge on any atom is 0.337 e. The van der Waals surface area contributed by atoms with Gasteiger partial charge in [0.25, 0.3) is 5.91 Å². The highest BCUT2D eigenvalue weighted by molar-refractivity contribution is 6.06. The molecule has 0 atom stereocenters. The van der Waals surface area contributed by atoms with Crippen LogP contribution in [-0.2, 0) is 0 Å². The highest BCUT2D eigenvalue weighted by atomic mass is 19.2. The molecule has 9 nitrogen and oxygen atoms in total. The number of amides is 1. The second-order valence-electron chi connectivity index (χ2n) is 4.99. The molecule has 26 heavy (non-hydrogen) atoms.